The fourth-order valence-electron chi connectivity index (χ4n) is 6.69. The van der Waals surface area contributed by atoms with Gasteiger partial charge in [0.1, 0.15) is 28.7 Å². The van der Waals surface area contributed by atoms with Crippen LogP contribution in [0.2, 0.25) is 0 Å². The van der Waals surface area contributed by atoms with Crippen LogP contribution >= 0.6 is 0 Å². The molecular formula is C53H42K2N2O7. The fraction of sp³-hybridized carbons (Fsp3) is 0.0377. The number of hydrogen-bond donors (Lipinski definition) is 2. The maximum absolute atomic E-state index is 9.11. The molecule has 11 heteroatoms. The summed E-state index contributed by atoms with van der Waals surface area (Å²) < 4.78 is 11.5. The standard InChI is InChI=1S/C40H30N2O2.C12H10O2.CH2O3.2K.H/c1-27-11-13-30(14-12-27)39-35-7-3-4-8-36(35)40(42-38-10-6-5-9-37(38)41-39)31-19-25-34(26-20-31)44-33-23-17-29(18-24-33)28-15-21-32(43-2)22-16-28;13-11-5-1-9(2-6-11)10-3-7-12(14)8-4-10;2-1-4-3;;;/h3-26H,1-2H3;1-8,13-14H;1,3H;;;/q;;;2*+1;-1/p-1. The van der Waals surface area contributed by atoms with Gasteiger partial charge in [0.2, 0.25) is 0 Å². The molecule has 0 spiro atoms. The molecule has 8 aromatic carbocycles. The van der Waals surface area contributed by atoms with Crippen LogP contribution in [0.3, 0.4) is 0 Å². The van der Waals surface area contributed by atoms with Gasteiger partial charge in [0.05, 0.1) is 29.9 Å². The van der Waals surface area contributed by atoms with Crippen molar-refractivity contribution >= 4 is 29.3 Å². The Bertz CT molecular complexity index is 2760. The van der Waals surface area contributed by atoms with Crippen LogP contribution in [0.5, 0.6) is 28.7 Å². The van der Waals surface area contributed by atoms with Crippen LogP contribution in [-0.2, 0) is 9.68 Å². The molecule has 0 aliphatic carbocycles. The van der Waals surface area contributed by atoms with E-state index in [0.717, 1.165) is 84.6 Å². The van der Waals surface area contributed by atoms with Gasteiger partial charge in [-0.1, -0.05) is 115 Å². The zero-order valence-electron chi connectivity index (χ0n) is 36.9. The van der Waals surface area contributed by atoms with E-state index >= 15 is 0 Å². The molecule has 308 valence electrons. The van der Waals surface area contributed by atoms with E-state index < -0.39 is 0 Å². The third kappa shape index (κ3) is 13.3. The van der Waals surface area contributed by atoms with Crippen LogP contribution in [0, 0.1) is 6.92 Å². The molecule has 64 heavy (non-hydrogen) atoms. The minimum Gasteiger partial charge on any atom is -1.00 e. The molecular weight excluding hydrogens is 855 g/mol. The second kappa shape index (κ2) is 24.9. The van der Waals surface area contributed by atoms with Gasteiger partial charge in [0.25, 0.3) is 6.47 Å². The summed E-state index contributed by atoms with van der Waals surface area (Å²) in [5.41, 5.74) is 13.1. The molecule has 1 heterocycles. The van der Waals surface area contributed by atoms with E-state index in [-0.39, 0.29) is 122 Å². The molecule has 9 rings (SSSR count). The number of aromatic hydroxyl groups is 2. The van der Waals surface area contributed by atoms with E-state index in [4.69, 9.17) is 39.7 Å². The molecule has 0 fully saturated rings. The molecule has 0 amide bonds. The van der Waals surface area contributed by atoms with Crippen molar-refractivity contribution in [2.75, 3.05) is 7.11 Å². The molecule has 0 bridgehead atoms. The number of aryl methyl sites for hydroxylation is 1. The minimum atomic E-state index is -0.181. The summed E-state index contributed by atoms with van der Waals surface area (Å²) in [5, 5.41) is 26.6. The Hall–Kier alpha value is -5.00. The van der Waals surface area contributed by atoms with Crippen molar-refractivity contribution in [1.82, 2.24) is 0 Å². The quantitative estimate of drug-likeness (QED) is 0.0900. The van der Waals surface area contributed by atoms with E-state index in [1.807, 2.05) is 84.9 Å². The number of rotatable bonds is 8. The Morgan fingerprint density at radius 2 is 0.781 bits per heavy atom. The van der Waals surface area contributed by atoms with E-state index in [2.05, 4.69) is 96.7 Å². The first-order valence-electron chi connectivity index (χ1n) is 19.6. The van der Waals surface area contributed by atoms with E-state index in [1.54, 1.807) is 31.4 Å². The molecule has 8 aromatic rings. The zero-order chi connectivity index (χ0) is 43.3. The largest absolute Gasteiger partial charge is 1.00 e. The van der Waals surface area contributed by atoms with Crippen LogP contribution < -0.4 is 118 Å². The number of carbonyl (C=O) groups excluding carboxylic acids is 1. The first-order valence-corrected chi connectivity index (χ1v) is 19.6. The van der Waals surface area contributed by atoms with Gasteiger partial charge in [-0.25, -0.2) is 9.98 Å². The number of para-hydroxylation sites is 2. The van der Waals surface area contributed by atoms with Crippen molar-refractivity contribution in [1.29, 1.82) is 0 Å². The van der Waals surface area contributed by atoms with Gasteiger partial charge in [0, 0.05) is 22.3 Å². The third-order valence-electron chi connectivity index (χ3n) is 9.86. The molecule has 0 saturated heterocycles. The van der Waals surface area contributed by atoms with Crippen molar-refractivity contribution in [3.8, 4) is 51.0 Å². The Morgan fingerprint density at radius 3 is 1.14 bits per heavy atom. The Kier molecular flexibility index (Phi) is 19.5. The predicted octanol–water partition coefficient (Wildman–Crippen LogP) is 5.43. The van der Waals surface area contributed by atoms with Crippen LogP contribution in [-0.4, -0.2) is 35.2 Å². The SMILES string of the molecule is COc1ccc(-c2ccc(Oc3ccc(C4=Nc5ccccc5N=C(c5ccc(C)cc5)c5ccccc54)cc3)cc2)cc1.O=CO[O-].Oc1ccc(-c2ccc(O)cc2)cc1.[H-].[K+].[K+]. The summed E-state index contributed by atoms with van der Waals surface area (Å²) in [6, 6.07) is 63.2. The second-order valence-electron chi connectivity index (χ2n) is 14.0. The molecule has 1 aliphatic heterocycles. The van der Waals surface area contributed by atoms with E-state index in [9.17, 15) is 0 Å². The molecule has 0 radical (unpaired) electrons. The third-order valence-corrected chi connectivity index (χ3v) is 9.86. The van der Waals surface area contributed by atoms with Gasteiger partial charge in [-0.15, -0.1) is 0 Å². The number of carbonyl (C=O) groups is 1. The summed E-state index contributed by atoms with van der Waals surface area (Å²) in [5.74, 6) is 2.89. The maximum atomic E-state index is 9.11. The fourth-order valence-corrected chi connectivity index (χ4v) is 6.69. The molecule has 0 aromatic heterocycles. The van der Waals surface area contributed by atoms with E-state index in [1.165, 1.54) is 5.56 Å². The van der Waals surface area contributed by atoms with Gasteiger partial charge in [-0.3, -0.25) is 4.79 Å². The summed E-state index contributed by atoms with van der Waals surface area (Å²) in [7, 11) is 1.67. The van der Waals surface area contributed by atoms with Gasteiger partial charge in [0.15, 0.2) is 0 Å². The Balaban J connectivity index is 0.000000370. The number of ether oxygens (including phenoxy) is 2. The smallest absolute Gasteiger partial charge is 1.00 e. The average Bonchev–Trinajstić information content (AvgIpc) is 3.32. The van der Waals surface area contributed by atoms with Gasteiger partial charge in [-0.2, -0.15) is 0 Å². The predicted molar refractivity (Wildman–Crippen MR) is 243 cm³/mol. The number of nitrogens with zero attached hydrogens (tertiary/aromatic N) is 2. The number of benzene rings is 8. The molecule has 0 atom stereocenters. The maximum Gasteiger partial charge on any atom is 1.00 e. The number of phenolic OH excluding ortho intramolecular Hbond substituents is 2. The number of phenols is 2. The Labute approximate surface area is 459 Å². The molecule has 9 nitrogen and oxygen atoms in total. The van der Waals surface area contributed by atoms with Crippen molar-refractivity contribution < 1.29 is 139 Å². The first-order chi connectivity index (χ1) is 30.3. The van der Waals surface area contributed by atoms with Crippen LogP contribution in [0.1, 0.15) is 29.2 Å². The van der Waals surface area contributed by atoms with Gasteiger partial charge in [-0.05, 0) is 114 Å². The topological polar surface area (TPSA) is 133 Å². The normalized spacial score (nSPS) is 10.9. The summed E-state index contributed by atoms with van der Waals surface area (Å²) in [4.78, 5) is 21.6. The van der Waals surface area contributed by atoms with Gasteiger partial charge >= 0.3 is 103 Å². The summed E-state index contributed by atoms with van der Waals surface area (Å²) >= 11 is 0. The number of aliphatic imine (C=N–C) groups is 2. The molecule has 0 saturated carbocycles. The summed E-state index contributed by atoms with van der Waals surface area (Å²) in [6.45, 7) is 1.92. The minimum absolute atomic E-state index is 0. The van der Waals surface area contributed by atoms with Crippen molar-refractivity contribution in [3.63, 3.8) is 0 Å². The van der Waals surface area contributed by atoms with E-state index in [0.29, 0.717) is 0 Å². The first kappa shape index (κ1) is 50.0. The number of fused-ring (bicyclic) bond motifs is 2. The zero-order valence-corrected chi connectivity index (χ0v) is 42.1. The molecule has 2 N–H and O–H groups in total. The number of methoxy groups -OCH3 is 1. The molecule has 1 aliphatic rings. The molecule has 0 unspecified atom stereocenters. The average molecular weight is 897 g/mol. The number of hydrogen-bond acceptors (Lipinski definition) is 9. The summed E-state index contributed by atoms with van der Waals surface area (Å²) in [6.07, 6.45) is 0. The van der Waals surface area contributed by atoms with Crippen molar-refractivity contribution in [2.24, 2.45) is 9.98 Å². The van der Waals surface area contributed by atoms with Crippen LogP contribution in [0.15, 0.2) is 204 Å². The second-order valence-corrected chi connectivity index (χ2v) is 14.0. The van der Waals surface area contributed by atoms with Crippen molar-refractivity contribution in [2.45, 2.75) is 6.92 Å². The van der Waals surface area contributed by atoms with Crippen LogP contribution in [0.25, 0.3) is 22.3 Å². The van der Waals surface area contributed by atoms with Crippen molar-refractivity contribution in [3.05, 3.63) is 222 Å². The van der Waals surface area contributed by atoms with Gasteiger partial charge < -0.3 is 31.3 Å². The Morgan fingerprint density at radius 1 is 0.469 bits per heavy atom. The van der Waals surface area contributed by atoms with Crippen LogP contribution in [0.4, 0.5) is 11.4 Å². The monoisotopic (exact) mass is 896 g/mol.